The maximum atomic E-state index is 11.9. The minimum atomic E-state index is -0.271. The van der Waals surface area contributed by atoms with Gasteiger partial charge >= 0.3 is 5.97 Å². The molecule has 0 unspecified atom stereocenters. The summed E-state index contributed by atoms with van der Waals surface area (Å²) in [6.07, 6.45) is 1.81. The highest BCUT2D eigenvalue weighted by molar-refractivity contribution is 5.72. The number of hydrogen-bond donors (Lipinski definition) is 1. The molecular formula is C17H24O4. The minimum absolute atomic E-state index is 0.111. The number of aliphatic hydroxyl groups excluding tert-OH is 1. The molecule has 1 aliphatic heterocycles. The van der Waals surface area contributed by atoms with Gasteiger partial charge in [-0.2, -0.15) is 0 Å². The van der Waals surface area contributed by atoms with E-state index in [4.69, 9.17) is 9.47 Å². The van der Waals surface area contributed by atoms with Crippen molar-refractivity contribution in [3.05, 3.63) is 30.3 Å². The number of aliphatic hydroxyl groups is 1. The van der Waals surface area contributed by atoms with Crippen LogP contribution in [0.2, 0.25) is 0 Å². The van der Waals surface area contributed by atoms with Gasteiger partial charge in [0.1, 0.15) is 5.75 Å². The van der Waals surface area contributed by atoms with Crippen LogP contribution < -0.4 is 4.74 Å². The number of ether oxygens (including phenoxy) is 2. The van der Waals surface area contributed by atoms with Crippen molar-refractivity contribution in [1.82, 2.24) is 0 Å². The van der Waals surface area contributed by atoms with Crippen molar-refractivity contribution >= 4 is 5.97 Å². The Morgan fingerprint density at radius 2 is 2.14 bits per heavy atom. The zero-order valence-electron chi connectivity index (χ0n) is 12.7. The molecule has 1 aliphatic rings. The first-order valence-electron chi connectivity index (χ1n) is 7.54. The Bertz CT molecular complexity index is 447. The third kappa shape index (κ3) is 4.05. The standard InChI is InChI=1S/C17H24O4/c1-13(2)17(11-18)9-8-15(20-12-17)10-16(19)21-14-6-4-3-5-7-14/h3-7,13,15,18H,8-12H2,1-2H3/t15-,17-/m1/s1. The normalized spacial score (nSPS) is 25.8. The molecule has 1 fully saturated rings. The van der Waals surface area contributed by atoms with Crippen molar-refractivity contribution in [2.24, 2.45) is 11.3 Å². The Morgan fingerprint density at radius 1 is 1.43 bits per heavy atom. The molecule has 0 amide bonds. The number of para-hydroxylation sites is 1. The van der Waals surface area contributed by atoms with Crippen LogP contribution in [-0.4, -0.2) is 30.4 Å². The van der Waals surface area contributed by atoms with Crippen molar-refractivity contribution in [2.45, 2.75) is 39.2 Å². The van der Waals surface area contributed by atoms with Crippen molar-refractivity contribution in [3.8, 4) is 5.75 Å². The molecule has 1 saturated heterocycles. The maximum Gasteiger partial charge on any atom is 0.313 e. The Labute approximate surface area is 126 Å². The van der Waals surface area contributed by atoms with Gasteiger partial charge < -0.3 is 14.6 Å². The van der Waals surface area contributed by atoms with E-state index in [-0.39, 0.29) is 30.5 Å². The molecule has 1 heterocycles. The summed E-state index contributed by atoms with van der Waals surface area (Å²) in [4.78, 5) is 11.9. The summed E-state index contributed by atoms with van der Waals surface area (Å²) < 4.78 is 11.1. The molecule has 0 aliphatic carbocycles. The van der Waals surface area contributed by atoms with Crippen LogP contribution >= 0.6 is 0 Å². The average molecular weight is 292 g/mol. The fourth-order valence-electron chi connectivity index (χ4n) is 2.66. The topological polar surface area (TPSA) is 55.8 Å². The van der Waals surface area contributed by atoms with Gasteiger partial charge in [-0.3, -0.25) is 4.79 Å². The number of benzene rings is 1. The van der Waals surface area contributed by atoms with Crippen LogP contribution in [0.5, 0.6) is 5.75 Å². The van der Waals surface area contributed by atoms with Crippen molar-refractivity contribution in [2.75, 3.05) is 13.2 Å². The number of hydrogen-bond acceptors (Lipinski definition) is 4. The van der Waals surface area contributed by atoms with E-state index in [9.17, 15) is 9.90 Å². The van der Waals surface area contributed by atoms with E-state index in [1.165, 1.54) is 0 Å². The van der Waals surface area contributed by atoms with E-state index >= 15 is 0 Å². The molecule has 0 radical (unpaired) electrons. The molecule has 4 nitrogen and oxygen atoms in total. The van der Waals surface area contributed by atoms with E-state index in [1.54, 1.807) is 12.1 Å². The first-order chi connectivity index (χ1) is 10.1. The lowest BCUT2D eigenvalue weighted by atomic mass is 9.73. The zero-order chi connectivity index (χ0) is 15.3. The predicted octanol–water partition coefficient (Wildman–Crippen LogP) is 2.80. The van der Waals surface area contributed by atoms with Crippen LogP contribution in [0.3, 0.4) is 0 Å². The monoisotopic (exact) mass is 292 g/mol. The van der Waals surface area contributed by atoms with E-state index in [1.807, 2.05) is 18.2 Å². The Morgan fingerprint density at radius 3 is 2.67 bits per heavy atom. The molecule has 0 aromatic heterocycles. The molecule has 2 atom stereocenters. The second kappa shape index (κ2) is 7.05. The smallest absolute Gasteiger partial charge is 0.313 e. The van der Waals surface area contributed by atoms with Crippen LogP contribution in [0.1, 0.15) is 33.1 Å². The summed E-state index contributed by atoms with van der Waals surface area (Å²) in [7, 11) is 0. The molecule has 0 spiro atoms. The van der Waals surface area contributed by atoms with Gasteiger partial charge in [-0.15, -0.1) is 0 Å². The van der Waals surface area contributed by atoms with Crippen molar-refractivity contribution < 1.29 is 19.4 Å². The van der Waals surface area contributed by atoms with Gasteiger partial charge in [0.05, 0.1) is 25.7 Å². The lowest BCUT2D eigenvalue weighted by molar-refractivity contribution is -0.144. The number of carbonyl (C=O) groups is 1. The van der Waals surface area contributed by atoms with Crippen LogP contribution in [-0.2, 0) is 9.53 Å². The summed E-state index contributed by atoms with van der Waals surface area (Å²) in [6.45, 7) is 4.84. The molecule has 1 aromatic rings. The lowest BCUT2D eigenvalue weighted by Gasteiger charge is -2.41. The average Bonchev–Trinajstić information content (AvgIpc) is 2.49. The van der Waals surface area contributed by atoms with Crippen molar-refractivity contribution in [1.29, 1.82) is 0 Å². The van der Waals surface area contributed by atoms with Crippen molar-refractivity contribution in [3.63, 3.8) is 0 Å². The highest BCUT2D eigenvalue weighted by Gasteiger charge is 2.38. The van der Waals surface area contributed by atoms with Gasteiger partial charge in [-0.05, 0) is 30.9 Å². The third-order valence-electron chi connectivity index (χ3n) is 4.48. The largest absolute Gasteiger partial charge is 0.426 e. The van der Waals surface area contributed by atoms with E-state index in [2.05, 4.69) is 13.8 Å². The minimum Gasteiger partial charge on any atom is -0.426 e. The number of esters is 1. The fourth-order valence-corrected chi connectivity index (χ4v) is 2.66. The summed E-state index contributed by atoms with van der Waals surface area (Å²) in [5.41, 5.74) is -0.167. The Kier molecular flexibility index (Phi) is 5.37. The van der Waals surface area contributed by atoms with Gasteiger partial charge in [0.2, 0.25) is 0 Å². The number of rotatable bonds is 5. The summed E-state index contributed by atoms with van der Waals surface area (Å²) in [5, 5.41) is 9.60. The Hall–Kier alpha value is -1.39. The quantitative estimate of drug-likeness (QED) is 0.670. The summed E-state index contributed by atoms with van der Waals surface area (Å²) >= 11 is 0. The highest BCUT2D eigenvalue weighted by atomic mass is 16.5. The van der Waals surface area contributed by atoms with Crippen LogP contribution in [0.15, 0.2) is 30.3 Å². The Balaban J connectivity index is 1.82. The van der Waals surface area contributed by atoms with Gasteiger partial charge in [0.15, 0.2) is 0 Å². The highest BCUT2D eigenvalue weighted by Crippen LogP contribution is 2.38. The second-order valence-electron chi connectivity index (χ2n) is 6.14. The predicted molar refractivity (Wildman–Crippen MR) is 80.0 cm³/mol. The fraction of sp³-hybridized carbons (Fsp3) is 0.588. The number of carbonyl (C=O) groups excluding carboxylic acids is 1. The van der Waals surface area contributed by atoms with Gasteiger partial charge in [0, 0.05) is 5.41 Å². The van der Waals surface area contributed by atoms with Crippen LogP contribution in [0.25, 0.3) is 0 Å². The van der Waals surface area contributed by atoms with E-state index in [0.29, 0.717) is 18.3 Å². The first-order valence-corrected chi connectivity index (χ1v) is 7.54. The molecule has 1 N–H and O–H groups in total. The summed E-state index contributed by atoms with van der Waals surface area (Å²) in [6, 6.07) is 9.06. The van der Waals surface area contributed by atoms with Gasteiger partial charge in [0.25, 0.3) is 0 Å². The molecular weight excluding hydrogens is 268 g/mol. The van der Waals surface area contributed by atoms with Crippen LogP contribution in [0.4, 0.5) is 0 Å². The summed E-state index contributed by atoms with van der Waals surface area (Å²) in [5.74, 6) is 0.650. The maximum absolute atomic E-state index is 11.9. The molecule has 116 valence electrons. The SMILES string of the molecule is CC(C)[C@@]1(CO)CC[C@H](CC(=O)Oc2ccccc2)OC1. The molecule has 4 heteroatoms. The van der Waals surface area contributed by atoms with Gasteiger partial charge in [-0.25, -0.2) is 0 Å². The molecule has 1 aromatic carbocycles. The van der Waals surface area contributed by atoms with E-state index < -0.39 is 0 Å². The van der Waals surface area contributed by atoms with E-state index in [0.717, 1.165) is 12.8 Å². The molecule has 0 saturated carbocycles. The van der Waals surface area contributed by atoms with Gasteiger partial charge in [-0.1, -0.05) is 32.0 Å². The zero-order valence-corrected chi connectivity index (χ0v) is 12.7. The second-order valence-corrected chi connectivity index (χ2v) is 6.14. The molecule has 21 heavy (non-hydrogen) atoms. The molecule has 0 bridgehead atoms. The first kappa shape index (κ1) is 16.0. The van der Waals surface area contributed by atoms with Crippen LogP contribution in [0, 0.1) is 11.3 Å². The lowest BCUT2D eigenvalue weighted by Crippen LogP contribution is -2.43. The third-order valence-corrected chi connectivity index (χ3v) is 4.48. The molecule has 2 rings (SSSR count).